The van der Waals surface area contributed by atoms with E-state index in [0.717, 1.165) is 47.2 Å². The van der Waals surface area contributed by atoms with Gasteiger partial charge in [0.05, 0.1) is 21.3 Å². The number of methoxy groups -OCH3 is 3. The number of hydrogen-bond donors (Lipinski definition) is 0. The van der Waals surface area contributed by atoms with Gasteiger partial charge in [-0.3, -0.25) is 4.90 Å². The predicted molar refractivity (Wildman–Crippen MR) is 110 cm³/mol. The molecule has 1 fully saturated rings. The Morgan fingerprint density at radius 1 is 0.857 bits per heavy atom. The summed E-state index contributed by atoms with van der Waals surface area (Å²) in [5.74, 6) is 3.12. The average molecular weight is 383 g/mol. The van der Waals surface area contributed by atoms with Gasteiger partial charge in [0.1, 0.15) is 6.61 Å². The Bertz CT molecular complexity index is 830. The number of rotatable bonds is 5. The minimum Gasteiger partial charge on any atom is -0.493 e. The van der Waals surface area contributed by atoms with Crippen molar-refractivity contribution in [3.05, 3.63) is 35.9 Å². The van der Waals surface area contributed by atoms with Gasteiger partial charge in [-0.05, 0) is 48.2 Å². The van der Waals surface area contributed by atoms with Crippen LogP contribution in [0, 0.1) is 0 Å². The van der Waals surface area contributed by atoms with Crippen molar-refractivity contribution in [3.8, 4) is 34.1 Å². The second-order valence-corrected chi connectivity index (χ2v) is 7.49. The third kappa shape index (κ3) is 3.63. The van der Waals surface area contributed by atoms with Gasteiger partial charge in [-0.1, -0.05) is 18.9 Å². The van der Waals surface area contributed by atoms with Gasteiger partial charge in [-0.2, -0.15) is 0 Å². The molecule has 0 bridgehead atoms. The zero-order valence-corrected chi connectivity index (χ0v) is 17.0. The first-order chi connectivity index (χ1) is 13.7. The van der Waals surface area contributed by atoms with Crippen molar-refractivity contribution in [2.75, 3.05) is 34.5 Å². The van der Waals surface area contributed by atoms with Crippen molar-refractivity contribution >= 4 is 0 Å². The molecule has 1 aliphatic carbocycles. The number of fused-ring (bicyclic) bond motifs is 1. The Hall–Kier alpha value is -2.40. The van der Waals surface area contributed by atoms with Gasteiger partial charge in [0.2, 0.25) is 0 Å². The highest BCUT2D eigenvalue weighted by molar-refractivity contribution is 5.71. The number of nitrogens with zero attached hydrogens (tertiary/aromatic N) is 1. The van der Waals surface area contributed by atoms with E-state index in [1.54, 1.807) is 21.3 Å². The molecule has 0 unspecified atom stereocenters. The third-order valence-electron chi connectivity index (χ3n) is 5.91. The van der Waals surface area contributed by atoms with Crippen LogP contribution in [0.2, 0.25) is 0 Å². The summed E-state index contributed by atoms with van der Waals surface area (Å²) in [6.07, 6.45) is 5.26. The van der Waals surface area contributed by atoms with E-state index in [0.29, 0.717) is 12.6 Å². The van der Waals surface area contributed by atoms with Crippen LogP contribution in [0.4, 0.5) is 0 Å². The molecule has 0 amide bonds. The molecule has 1 heterocycles. The summed E-state index contributed by atoms with van der Waals surface area (Å²) in [4.78, 5) is 2.58. The van der Waals surface area contributed by atoms with Crippen LogP contribution >= 0.6 is 0 Å². The summed E-state index contributed by atoms with van der Waals surface area (Å²) >= 11 is 0. The highest BCUT2D eigenvalue weighted by Gasteiger charge is 2.27. The second kappa shape index (κ2) is 8.31. The van der Waals surface area contributed by atoms with Crippen molar-refractivity contribution in [1.82, 2.24) is 4.90 Å². The molecule has 0 radical (unpaired) electrons. The smallest absolute Gasteiger partial charge is 0.165 e. The Labute approximate surface area is 167 Å². The second-order valence-electron chi connectivity index (χ2n) is 7.49. The summed E-state index contributed by atoms with van der Waals surface area (Å²) in [5, 5.41) is 0. The molecular formula is C23H29NO4. The van der Waals surface area contributed by atoms with Crippen LogP contribution in [-0.2, 0) is 6.54 Å². The standard InChI is InChI=1S/C23H29NO4/c1-25-20-9-8-16(13-21(20)26-2)17-12-18-15-24(19-6-4-5-7-19)10-11-28-23(18)22(14-17)27-3/h8-9,12-14,19H,4-7,10-11,15H2,1-3H3. The zero-order valence-electron chi connectivity index (χ0n) is 17.0. The highest BCUT2D eigenvalue weighted by Crippen LogP contribution is 2.41. The third-order valence-corrected chi connectivity index (χ3v) is 5.91. The fourth-order valence-corrected chi connectivity index (χ4v) is 4.42. The van der Waals surface area contributed by atoms with Gasteiger partial charge < -0.3 is 18.9 Å². The lowest BCUT2D eigenvalue weighted by molar-refractivity contribution is 0.170. The molecule has 0 N–H and O–H groups in total. The lowest BCUT2D eigenvalue weighted by Crippen LogP contribution is -2.34. The number of hydrogen-bond acceptors (Lipinski definition) is 5. The summed E-state index contributed by atoms with van der Waals surface area (Å²) in [7, 11) is 5.02. The maximum absolute atomic E-state index is 6.12. The first-order valence-corrected chi connectivity index (χ1v) is 10.0. The van der Waals surface area contributed by atoms with E-state index >= 15 is 0 Å². The molecule has 0 atom stereocenters. The Morgan fingerprint density at radius 3 is 2.29 bits per heavy atom. The zero-order chi connectivity index (χ0) is 19.5. The van der Waals surface area contributed by atoms with Gasteiger partial charge in [-0.15, -0.1) is 0 Å². The van der Waals surface area contributed by atoms with Gasteiger partial charge >= 0.3 is 0 Å². The molecule has 2 aromatic rings. The molecule has 150 valence electrons. The van der Waals surface area contributed by atoms with E-state index in [9.17, 15) is 0 Å². The Kier molecular flexibility index (Phi) is 5.62. The van der Waals surface area contributed by atoms with Crippen LogP contribution in [0.1, 0.15) is 31.2 Å². The van der Waals surface area contributed by atoms with Crippen molar-refractivity contribution < 1.29 is 18.9 Å². The van der Waals surface area contributed by atoms with Crippen molar-refractivity contribution in [3.63, 3.8) is 0 Å². The quantitative estimate of drug-likeness (QED) is 0.759. The largest absolute Gasteiger partial charge is 0.493 e. The van der Waals surface area contributed by atoms with E-state index in [1.165, 1.54) is 31.2 Å². The van der Waals surface area contributed by atoms with Crippen LogP contribution in [0.25, 0.3) is 11.1 Å². The highest BCUT2D eigenvalue weighted by atomic mass is 16.5. The molecule has 4 rings (SSSR count). The average Bonchev–Trinajstić information content (AvgIpc) is 3.19. The van der Waals surface area contributed by atoms with Crippen LogP contribution in [-0.4, -0.2) is 45.4 Å². The lowest BCUT2D eigenvalue weighted by atomic mass is 10.0. The van der Waals surface area contributed by atoms with Crippen molar-refractivity contribution in [2.45, 2.75) is 38.3 Å². The molecule has 2 aromatic carbocycles. The van der Waals surface area contributed by atoms with Crippen LogP contribution in [0.5, 0.6) is 23.0 Å². The van der Waals surface area contributed by atoms with Gasteiger partial charge in [0.25, 0.3) is 0 Å². The van der Waals surface area contributed by atoms with Crippen molar-refractivity contribution in [1.29, 1.82) is 0 Å². The van der Waals surface area contributed by atoms with Gasteiger partial charge in [0.15, 0.2) is 23.0 Å². The molecule has 0 saturated heterocycles. The van der Waals surface area contributed by atoms with Crippen molar-refractivity contribution in [2.24, 2.45) is 0 Å². The van der Waals surface area contributed by atoms with Gasteiger partial charge in [-0.25, -0.2) is 0 Å². The molecule has 2 aliphatic rings. The monoisotopic (exact) mass is 383 g/mol. The van der Waals surface area contributed by atoms with Gasteiger partial charge in [0, 0.05) is 24.7 Å². The first kappa shape index (κ1) is 18.9. The molecule has 0 aromatic heterocycles. The predicted octanol–water partition coefficient (Wildman–Crippen LogP) is 4.52. The van der Waals surface area contributed by atoms with E-state index in [2.05, 4.69) is 17.0 Å². The van der Waals surface area contributed by atoms with E-state index in [4.69, 9.17) is 18.9 Å². The van der Waals surface area contributed by atoms with Crippen LogP contribution in [0.15, 0.2) is 30.3 Å². The van der Waals surface area contributed by atoms with Crippen LogP contribution < -0.4 is 18.9 Å². The van der Waals surface area contributed by atoms with E-state index < -0.39 is 0 Å². The lowest BCUT2D eigenvalue weighted by Gasteiger charge is -2.26. The number of benzene rings is 2. The topological polar surface area (TPSA) is 40.2 Å². The minimum absolute atomic E-state index is 0.672. The molecule has 1 saturated carbocycles. The first-order valence-electron chi connectivity index (χ1n) is 10.0. The van der Waals surface area contributed by atoms with E-state index in [1.807, 2.05) is 18.2 Å². The molecule has 28 heavy (non-hydrogen) atoms. The Morgan fingerprint density at radius 2 is 1.57 bits per heavy atom. The molecular weight excluding hydrogens is 354 g/mol. The minimum atomic E-state index is 0.672. The fourth-order valence-electron chi connectivity index (χ4n) is 4.42. The molecule has 5 nitrogen and oxygen atoms in total. The maximum atomic E-state index is 6.12. The number of ether oxygens (including phenoxy) is 4. The normalized spacial score (nSPS) is 17.5. The van der Waals surface area contributed by atoms with Crippen LogP contribution in [0.3, 0.4) is 0 Å². The summed E-state index contributed by atoms with van der Waals surface area (Å²) in [6.45, 7) is 2.57. The van der Waals surface area contributed by atoms with E-state index in [-0.39, 0.29) is 0 Å². The molecule has 5 heteroatoms. The summed E-state index contributed by atoms with van der Waals surface area (Å²) in [6, 6.07) is 10.9. The maximum Gasteiger partial charge on any atom is 0.165 e. The Balaban J connectivity index is 1.72. The molecule has 0 spiro atoms. The molecule has 1 aliphatic heterocycles. The fraction of sp³-hybridized carbons (Fsp3) is 0.478. The SMILES string of the molecule is COc1ccc(-c2cc3c(c(OC)c2)OCCN(C2CCCC2)C3)cc1OC. The summed E-state index contributed by atoms with van der Waals surface area (Å²) in [5.41, 5.74) is 3.34. The summed E-state index contributed by atoms with van der Waals surface area (Å²) < 4.78 is 22.7.